The molecule has 98 valence electrons. The summed E-state index contributed by atoms with van der Waals surface area (Å²) in [5.74, 6) is 0. The van der Waals surface area contributed by atoms with Gasteiger partial charge < -0.3 is 0 Å². The van der Waals surface area contributed by atoms with Crippen molar-refractivity contribution < 1.29 is 15.8 Å². The number of halogens is 1. The van der Waals surface area contributed by atoms with Gasteiger partial charge in [0.25, 0.3) is 0 Å². The van der Waals surface area contributed by atoms with E-state index in [1.54, 1.807) is 0 Å². The summed E-state index contributed by atoms with van der Waals surface area (Å²) in [5, 5.41) is 0. The van der Waals surface area contributed by atoms with E-state index < -0.39 is 15.8 Å². The Bertz CT molecular complexity index is 569. The summed E-state index contributed by atoms with van der Waals surface area (Å²) < 4.78 is 4.58. The van der Waals surface area contributed by atoms with Gasteiger partial charge in [-0.05, 0) is 0 Å². The van der Waals surface area contributed by atoms with Crippen LogP contribution in [0.1, 0.15) is 0 Å². The molecule has 0 saturated carbocycles. The summed E-state index contributed by atoms with van der Waals surface area (Å²) in [6.45, 7) is 0. The summed E-state index contributed by atoms with van der Waals surface area (Å²) in [4.78, 5) is 0. The van der Waals surface area contributed by atoms with Crippen molar-refractivity contribution in [2.45, 2.75) is 0 Å². The number of hydrogen-bond acceptors (Lipinski definition) is 0. The molecular weight excluding hydrogens is 522 g/mol. The van der Waals surface area contributed by atoms with Crippen molar-refractivity contribution in [1.29, 1.82) is 0 Å². The molecule has 20 heavy (non-hydrogen) atoms. The van der Waals surface area contributed by atoms with Gasteiger partial charge in [0, 0.05) is 0 Å². The van der Waals surface area contributed by atoms with Crippen LogP contribution in [-0.4, -0.2) is 0 Å². The summed E-state index contributed by atoms with van der Waals surface area (Å²) in [6, 6.07) is 33.1. The van der Waals surface area contributed by atoms with Gasteiger partial charge in [0.05, 0.1) is 0 Å². The predicted octanol–water partition coefficient (Wildman–Crippen LogP) is 3.47. The molecule has 0 radical (unpaired) electrons. The molecular formula is C18H15HfI. The third-order valence-corrected chi connectivity index (χ3v) is 31.0. The first-order valence-corrected chi connectivity index (χ1v) is 22.2. The molecule has 0 aliphatic heterocycles. The van der Waals surface area contributed by atoms with Gasteiger partial charge in [0.15, 0.2) is 0 Å². The zero-order valence-electron chi connectivity index (χ0n) is 11.0. The molecule has 3 aromatic carbocycles. The predicted molar refractivity (Wildman–Crippen MR) is 92.2 cm³/mol. The Morgan fingerprint density at radius 2 is 0.700 bits per heavy atom. The quantitative estimate of drug-likeness (QED) is 0.355. The molecule has 0 amide bonds. The summed E-state index contributed by atoms with van der Waals surface area (Å²) in [6.07, 6.45) is 0. The van der Waals surface area contributed by atoms with Gasteiger partial charge in [0.2, 0.25) is 0 Å². The molecule has 0 atom stereocenters. The molecule has 0 aliphatic carbocycles. The first kappa shape index (κ1) is 14.2. The Hall–Kier alpha value is -0.740. The van der Waals surface area contributed by atoms with Crippen molar-refractivity contribution in [3.05, 3.63) is 91.0 Å². The fourth-order valence-corrected chi connectivity index (χ4v) is 22.0. The molecule has 0 fully saturated rings. The summed E-state index contributed by atoms with van der Waals surface area (Å²) in [5.41, 5.74) is 0. The Morgan fingerprint density at radius 3 is 0.950 bits per heavy atom. The second-order valence-electron chi connectivity index (χ2n) is 4.76. The van der Waals surface area contributed by atoms with Gasteiger partial charge in [-0.1, -0.05) is 0 Å². The van der Waals surface area contributed by atoms with E-state index in [1.807, 2.05) is 0 Å². The second-order valence-corrected chi connectivity index (χ2v) is 29.0. The molecule has 0 heterocycles. The topological polar surface area (TPSA) is 0 Å². The summed E-state index contributed by atoms with van der Waals surface area (Å²) >= 11 is -0.167. The van der Waals surface area contributed by atoms with Crippen LogP contribution in [-0.2, 0) is 15.8 Å². The van der Waals surface area contributed by atoms with Crippen molar-refractivity contribution in [3.63, 3.8) is 0 Å². The molecule has 3 rings (SSSR count). The Labute approximate surface area is 134 Å². The van der Waals surface area contributed by atoms with Gasteiger partial charge >= 0.3 is 135 Å². The molecule has 0 saturated heterocycles. The van der Waals surface area contributed by atoms with Crippen LogP contribution in [0.5, 0.6) is 0 Å². The molecule has 0 aliphatic rings. The van der Waals surface area contributed by atoms with E-state index in [-0.39, 0.29) is 0 Å². The van der Waals surface area contributed by atoms with Crippen LogP contribution >= 0.6 is 18.1 Å². The van der Waals surface area contributed by atoms with Crippen LogP contribution in [0, 0.1) is 0 Å². The third-order valence-electron chi connectivity index (χ3n) is 3.51. The van der Waals surface area contributed by atoms with Crippen molar-refractivity contribution in [3.8, 4) is 0 Å². The van der Waals surface area contributed by atoms with E-state index >= 15 is 0 Å². The van der Waals surface area contributed by atoms with Crippen LogP contribution in [0.4, 0.5) is 0 Å². The Balaban J connectivity index is 2.24. The zero-order valence-corrected chi connectivity index (χ0v) is 16.8. The van der Waals surface area contributed by atoms with Gasteiger partial charge in [-0.2, -0.15) is 0 Å². The molecule has 0 spiro atoms. The van der Waals surface area contributed by atoms with Crippen molar-refractivity contribution >= 4 is 28.1 Å². The van der Waals surface area contributed by atoms with Gasteiger partial charge in [0.1, 0.15) is 0 Å². The minimum atomic E-state index is -2.96. The zero-order chi connectivity index (χ0) is 13.8. The normalized spacial score (nSPS) is 11.2. The average Bonchev–Trinajstić information content (AvgIpc) is 2.56. The molecule has 3 aromatic rings. The van der Waals surface area contributed by atoms with Gasteiger partial charge in [-0.3, -0.25) is 0 Å². The van der Waals surface area contributed by atoms with Gasteiger partial charge in [-0.25, -0.2) is 0 Å². The minimum absolute atomic E-state index is 1.53. The number of rotatable bonds is 3. The molecule has 0 bridgehead atoms. The first-order valence-electron chi connectivity index (χ1n) is 6.67. The SMILES string of the molecule is [I][Hf]([c]1ccccc1)([c]1ccccc1)[c]1ccccc1. The molecule has 0 aromatic heterocycles. The van der Waals surface area contributed by atoms with Crippen molar-refractivity contribution in [2.24, 2.45) is 0 Å². The van der Waals surface area contributed by atoms with Crippen LogP contribution in [0.15, 0.2) is 91.0 Å². The van der Waals surface area contributed by atoms with Crippen LogP contribution < -0.4 is 9.96 Å². The van der Waals surface area contributed by atoms with Crippen LogP contribution in [0.25, 0.3) is 0 Å². The van der Waals surface area contributed by atoms with E-state index in [9.17, 15) is 0 Å². The molecule has 0 nitrogen and oxygen atoms in total. The van der Waals surface area contributed by atoms with E-state index in [4.69, 9.17) is 0 Å². The fourth-order valence-electron chi connectivity index (χ4n) is 2.50. The Morgan fingerprint density at radius 1 is 0.450 bits per heavy atom. The van der Waals surface area contributed by atoms with Gasteiger partial charge in [-0.15, -0.1) is 0 Å². The van der Waals surface area contributed by atoms with E-state index in [2.05, 4.69) is 109 Å². The first-order chi connectivity index (χ1) is 9.82. The van der Waals surface area contributed by atoms with E-state index in [0.717, 1.165) is 0 Å². The maximum absolute atomic E-state index is 2.96. The molecule has 0 N–H and O–H groups in total. The number of hydrogen-bond donors (Lipinski definition) is 0. The molecule has 0 unspecified atom stereocenters. The van der Waals surface area contributed by atoms with Crippen molar-refractivity contribution in [1.82, 2.24) is 0 Å². The van der Waals surface area contributed by atoms with Crippen LogP contribution in [0.2, 0.25) is 0 Å². The third kappa shape index (κ3) is 2.68. The van der Waals surface area contributed by atoms with E-state index in [1.165, 1.54) is 9.96 Å². The average molecular weight is 537 g/mol. The summed E-state index contributed by atoms with van der Waals surface area (Å²) in [7, 11) is 0. The monoisotopic (exact) mass is 538 g/mol. The number of benzene rings is 3. The second kappa shape index (κ2) is 6.35. The fraction of sp³-hybridized carbons (Fsp3) is 0. The Kier molecular flexibility index (Phi) is 4.51. The van der Waals surface area contributed by atoms with E-state index in [0.29, 0.717) is 0 Å². The maximum atomic E-state index is 2.79. The van der Waals surface area contributed by atoms with Crippen molar-refractivity contribution in [2.75, 3.05) is 0 Å². The molecule has 2 heteroatoms. The van der Waals surface area contributed by atoms with Crippen LogP contribution in [0.3, 0.4) is 0 Å². The standard InChI is InChI=1S/3C6H5.Hf.HI/c3*1-2-4-6-5-3-1;;/h3*1-5H;;1H/q;;;+1;/p-1.